The van der Waals surface area contributed by atoms with Crippen molar-refractivity contribution in [1.82, 2.24) is 15.0 Å². The molecule has 0 bridgehead atoms. The lowest BCUT2D eigenvalue weighted by atomic mass is 10.1. The summed E-state index contributed by atoms with van der Waals surface area (Å²) >= 11 is 0. The number of rotatable bonds is 2. The molecule has 2 N–H and O–H groups in total. The molecular weight excluding hydrogens is 264 g/mol. The number of hydrogen-bond acceptors (Lipinski definition) is 6. The van der Waals surface area contributed by atoms with E-state index in [2.05, 4.69) is 25.9 Å². The monoisotopic (exact) mass is 280 g/mol. The van der Waals surface area contributed by atoms with Crippen molar-refractivity contribution in [3.05, 3.63) is 29.8 Å². The fraction of sp³-hybridized carbons (Fsp3) is 0.333. The molecule has 106 valence electrons. The topological polar surface area (TPSA) is 91.7 Å². The maximum Gasteiger partial charge on any atom is 0.230 e. The minimum absolute atomic E-state index is 0.211. The molecule has 1 fully saturated rings. The third kappa shape index (κ3) is 2.92. The van der Waals surface area contributed by atoms with Gasteiger partial charge < -0.3 is 10.6 Å². The molecule has 6 heteroatoms. The van der Waals surface area contributed by atoms with Crippen LogP contribution in [0.1, 0.15) is 24.8 Å². The molecule has 1 aromatic carbocycles. The zero-order valence-corrected chi connectivity index (χ0v) is 11.7. The van der Waals surface area contributed by atoms with Crippen LogP contribution >= 0.6 is 0 Å². The highest BCUT2D eigenvalue weighted by molar-refractivity contribution is 5.60. The number of anilines is 2. The van der Waals surface area contributed by atoms with Crippen molar-refractivity contribution in [1.29, 1.82) is 5.26 Å². The number of nitriles is 1. The van der Waals surface area contributed by atoms with Crippen LogP contribution in [0.15, 0.2) is 24.3 Å². The fourth-order valence-electron chi connectivity index (χ4n) is 2.47. The van der Waals surface area contributed by atoms with Gasteiger partial charge in [-0.05, 0) is 31.4 Å². The van der Waals surface area contributed by atoms with Gasteiger partial charge in [-0.3, -0.25) is 0 Å². The molecule has 2 aromatic rings. The molecule has 1 aliphatic rings. The van der Waals surface area contributed by atoms with E-state index in [0.29, 0.717) is 17.3 Å². The maximum absolute atomic E-state index is 8.99. The summed E-state index contributed by atoms with van der Waals surface area (Å²) in [6, 6.07) is 9.31. The van der Waals surface area contributed by atoms with Crippen LogP contribution in [0.25, 0.3) is 11.4 Å². The van der Waals surface area contributed by atoms with Gasteiger partial charge in [0.15, 0.2) is 5.82 Å². The van der Waals surface area contributed by atoms with Crippen LogP contribution in [-0.4, -0.2) is 28.0 Å². The Hall–Kier alpha value is -2.68. The maximum atomic E-state index is 8.99. The second-order valence-corrected chi connectivity index (χ2v) is 5.06. The highest BCUT2D eigenvalue weighted by atomic mass is 15.3. The van der Waals surface area contributed by atoms with Crippen LogP contribution < -0.4 is 10.6 Å². The number of aromatic nitrogens is 3. The zero-order chi connectivity index (χ0) is 14.7. The summed E-state index contributed by atoms with van der Waals surface area (Å²) in [5, 5.41) is 8.99. The van der Waals surface area contributed by atoms with Gasteiger partial charge in [-0.1, -0.05) is 12.1 Å². The van der Waals surface area contributed by atoms with Gasteiger partial charge in [0, 0.05) is 18.7 Å². The molecule has 0 atom stereocenters. The molecule has 0 aliphatic carbocycles. The molecule has 0 amide bonds. The minimum atomic E-state index is 0.211. The number of nitrogens with two attached hydrogens (primary N) is 1. The molecule has 0 unspecified atom stereocenters. The van der Waals surface area contributed by atoms with Gasteiger partial charge in [0.25, 0.3) is 0 Å². The second kappa shape index (κ2) is 5.75. The van der Waals surface area contributed by atoms with Gasteiger partial charge in [0.2, 0.25) is 11.9 Å². The van der Waals surface area contributed by atoms with Crippen LogP contribution in [0.4, 0.5) is 11.9 Å². The summed E-state index contributed by atoms with van der Waals surface area (Å²) in [6.45, 7) is 1.89. The van der Waals surface area contributed by atoms with E-state index in [9.17, 15) is 0 Å². The van der Waals surface area contributed by atoms with Crippen molar-refractivity contribution in [3.63, 3.8) is 0 Å². The molecule has 0 spiro atoms. The Morgan fingerprint density at radius 2 is 1.90 bits per heavy atom. The summed E-state index contributed by atoms with van der Waals surface area (Å²) in [4.78, 5) is 15.1. The van der Waals surface area contributed by atoms with E-state index in [1.807, 2.05) is 12.1 Å². The first kappa shape index (κ1) is 13.3. The van der Waals surface area contributed by atoms with Crippen LogP contribution in [0.3, 0.4) is 0 Å². The largest absolute Gasteiger partial charge is 0.368 e. The van der Waals surface area contributed by atoms with E-state index in [1.165, 1.54) is 6.42 Å². The SMILES string of the molecule is N#Cc1cccc(-c2nc(N)nc(N3CCCCC3)n2)c1. The normalized spacial score (nSPS) is 14.7. The Labute approximate surface area is 123 Å². The van der Waals surface area contributed by atoms with Crippen LogP contribution in [0, 0.1) is 11.3 Å². The number of piperidine rings is 1. The first-order valence-electron chi connectivity index (χ1n) is 7.03. The van der Waals surface area contributed by atoms with Crippen molar-refractivity contribution in [3.8, 4) is 17.5 Å². The van der Waals surface area contributed by atoms with Gasteiger partial charge in [-0.15, -0.1) is 0 Å². The fourth-order valence-corrected chi connectivity index (χ4v) is 2.47. The van der Waals surface area contributed by atoms with Gasteiger partial charge in [-0.2, -0.15) is 20.2 Å². The van der Waals surface area contributed by atoms with Crippen LogP contribution in [-0.2, 0) is 0 Å². The molecule has 2 heterocycles. The van der Waals surface area contributed by atoms with E-state index >= 15 is 0 Å². The van der Waals surface area contributed by atoms with E-state index in [0.717, 1.165) is 31.5 Å². The van der Waals surface area contributed by atoms with E-state index < -0.39 is 0 Å². The Morgan fingerprint density at radius 3 is 2.67 bits per heavy atom. The number of nitrogen functional groups attached to an aromatic ring is 1. The molecule has 1 saturated heterocycles. The summed E-state index contributed by atoms with van der Waals surface area (Å²) in [5.74, 6) is 1.35. The Morgan fingerprint density at radius 1 is 1.10 bits per heavy atom. The molecule has 6 nitrogen and oxygen atoms in total. The lowest BCUT2D eigenvalue weighted by Gasteiger charge is -2.26. The number of hydrogen-bond donors (Lipinski definition) is 1. The third-order valence-electron chi connectivity index (χ3n) is 3.53. The van der Waals surface area contributed by atoms with Gasteiger partial charge >= 0.3 is 0 Å². The van der Waals surface area contributed by atoms with Crippen molar-refractivity contribution in [2.45, 2.75) is 19.3 Å². The molecule has 3 rings (SSSR count). The summed E-state index contributed by atoms with van der Waals surface area (Å²) in [7, 11) is 0. The molecule has 1 aliphatic heterocycles. The molecule has 0 radical (unpaired) electrons. The first-order valence-corrected chi connectivity index (χ1v) is 7.03. The van der Waals surface area contributed by atoms with Crippen LogP contribution in [0.5, 0.6) is 0 Å². The Kier molecular flexibility index (Phi) is 3.65. The van der Waals surface area contributed by atoms with Crippen molar-refractivity contribution in [2.24, 2.45) is 0 Å². The second-order valence-electron chi connectivity index (χ2n) is 5.06. The van der Waals surface area contributed by atoms with E-state index in [-0.39, 0.29) is 5.95 Å². The van der Waals surface area contributed by atoms with Gasteiger partial charge in [-0.25, -0.2) is 0 Å². The smallest absolute Gasteiger partial charge is 0.230 e. The predicted molar refractivity (Wildman–Crippen MR) is 80.5 cm³/mol. The summed E-state index contributed by atoms with van der Waals surface area (Å²) in [6.07, 6.45) is 3.53. The molecular formula is C15H16N6. The predicted octanol–water partition coefficient (Wildman–Crippen LogP) is 1.98. The molecule has 1 aromatic heterocycles. The average Bonchev–Trinajstić information content (AvgIpc) is 2.55. The van der Waals surface area contributed by atoms with Gasteiger partial charge in [0.05, 0.1) is 11.6 Å². The average molecular weight is 280 g/mol. The Balaban J connectivity index is 1.98. The van der Waals surface area contributed by atoms with Crippen LogP contribution in [0.2, 0.25) is 0 Å². The minimum Gasteiger partial charge on any atom is -0.368 e. The van der Waals surface area contributed by atoms with E-state index in [1.54, 1.807) is 12.1 Å². The summed E-state index contributed by atoms with van der Waals surface area (Å²) in [5.41, 5.74) is 7.17. The zero-order valence-electron chi connectivity index (χ0n) is 11.7. The number of benzene rings is 1. The summed E-state index contributed by atoms with van der Waals surface area (Å²) < 4.78 is 0. The third-order valence-corrected chi connectivity index (χ3v) is 3.53. The van der Waals surface area contributed by atoms with Crippen molar-refractivity contribution >= 4 is 11.9 Å². The molecule has 21 heavy (non-hydrogen) atoms. The molecule has 0 saturated carbocycles. The van der Waals surface area contributed by atoms with E-state index in [4.69, 9.17) is 11.0 Å². The highest BCUT2D eigenvalue weighted by Gasteiger charge is 2.16. The number of nitrogens with zero attached hydrogens (tertiary/aromatic N) is 5. The lowest BCUT2D eigenvalue weighted by Crippen LogP contribution is -2.31. The first-order chi connectivity index (χ1) is 10.3. The highest BCUT2D eigenvalue weighted by Crippen LogP contribution is 2.21. The van der Waals surface area contributed by atoms with Crippen molar-refractivity contribution in [2.75, 3.05) is 23.7 Å². The lowest BCUT2D eigenvalue weighted by molar-refractivity contribution is 0.568. The standard InChI is InChI=1S/C15H16N6/c16-10-11-5-4-6-12(9-11)13-18-14(17)20-15(19-13)21-7-2-1-3-8-21/h4-6,9H,1-3,7-8H2,(H2,17,18,19,20). The quantitative estimate of drug-likeness (QED) is 0.904. The van der Waals surface area contributed by atoms with Gasteiger partial charge in [0.1, 0.15) is 0 Å². The van der Waals surface area contributed by atoms with Crippen molar-refractivity contribution < 1.29 is 0 Å². The Bertz CT molecular complexity index is 685.